The van der Waals surface area contributed by atoms with E-state index in [0.717, 1.165) is 22.6 Å². The normalized spacial score (nSPS) is 10.8. The van der Waals surface area contributed by atoms with Gasteiger partial charge in [-0.3, -0.25) is 4.98 Å². The second-order valence-corrected chi connectivity index (χ2v) is 5.84. The van der Waals surface area contributed by atoms with Gasteiger partial charge in [-0.1, -0.05) is 12.1 Å². The number of phenolic OH excluding ortho intramolecular Hbond substituents is 1. The Bertz CT molecular complexity index is 1040. The number of fused-ring (bicyclic) bond motifs is 1. The van der Waals surface area contributed by atoms with Crippen LogP contribution in [0.5, 0.6) is 5.75 Å². The van der Waals surface area contributed by atoms with E-state index in [1.165, 1.54) is 5.56 Å². The molecule has 2 N–H and O–H groups in total. The molecule has 0 aliphatic carbocycles. The van der Waals surface area contributed by atoms with Crippen molar-refractivity contribution in [2.75, 3.05) is 5.32 Å². The number of nitrogens with zero attached hydrogens (tertiary/aromatic N) is 3. The van der Waals surface area contributed by atoms with Crippen molar-refractivity contribution >= 4 is 22.7 Å². The standard InChI is InChI=1S/C20H16N4O/c1-13-3-2-4-15(11-13)22-19-10-9-17-20(24-19)23-18(12-21-17)14-5-7-16(25)8-6-14/h2-12,25H,1H3,(H,22,23,24). The van der Waals surface area contributed by atoms with E-state index in [9.17, 15) is 5.11 Å². The van der Waals surface area contributed by atoms with Crippen LogP contribution >= 0.6 is 0 Å². The largest absolute Gasteiger partial charge is 0.508 e. The maximum absolute atomic E-state index is 9.41. The van der Waals surface area contributed by atoms with Gasteiger partial charge in [-0.25, -0.2) is 9.97 Å². The summed E-state index contributed by atoms with van der Waals surface area (Å²) in [5.74, 6) is 0.940. The number of aryl methyl sites for hydroxylation is 1. The molecule has 0 amide bonds. The molecule has 4 aromatic rings. The van der Waals surface area contributed by atoms with Gasteiger partial charge in [0.15, 0.2) is 5.65 Å². The van der Waals surface area contributed by atoms with Crippen LogP contribution in [0.1, 0.15) is 5.56 Å². The Labute approximate surface area is 145 Å². The summed E-state index contributed by atoms with van der Waals surface area (Å²) >= 11 is 0. The van der Waals surface area contributed by atoms with Gasteiger partial charge in [0, 0.05) is 11.3 Å². The highest BCUT2D eigenvalue weighted by atomic mass is 16.3. The summed E-state index contributed by atoms with van der Waals surface area (Å²) in [6.07, 6.45) is 1.71. The van der Waals surface area contributed by atoms with Crippen LogP contribution in [0.15, 0.2) is 66.9 Å². The minimum Gasteiger partial charge on any atom is -0.508 e. The molecule has 0 atom stereocenters. The van der Waals surface area contributed by atoms with E-state index < -0.39 is 0 Å². The fourth-order valence-corrected chi connectivity index (χ4v) is 2.61. The minimum atomic E-state index is 0.222. The van der Waals surface area contributed by atoms with E-state index in [1.54, 1.807) is 30.5 Å². The van der Waals surface area contributed by atoms with Crippen LogP contribution in [-0.2, 0) is 0 Å². The number of anilines is 2. The fourth-order valence-electron chi connectivity index (χ4n) is 2.61. The van der Waals surface area contributed by atoms with E-state index in [2.05, 4.69) is 39.3 Å². The summed E-state index contributed by atoms with van der Waals surface area (Å²) < 4.78 is 0. The van der Waals surface area contributed by atoms with E-state index in [0.29, 0.717) is 11.3 Å². The lowest BCUT2D eigenvalue weighted by Gasteiger charge is -2.08. The molecular formula is C20H16N4O. The molecule has 0 bridgehead atoms. The van der Waals surface area contributed by atoms with Crippen molar-refractivity contribution < 1.29 is 5.11 Å². The summed E-state index contributed by atoms with van der Waals surface area (Å²) in [5.41, 5.74) is 5.06. The number of benzene rings is 2. The van der Waals surface area contributed by atoms with Crippen LogP contribution in [0.3, 0.4) is 0 Å². The van der Waals surface area contributed by atoms with Gasteiger partial charge < -0.3 is 10.4 Å². The number of hydrogen-bond acceptors (Lipinski definition) is 5. The highest BCUT2D eigenvalue weighted by molar-refractivity contribution is 5.76. The third-order valence-electron chi connectivity index (χ3n) is 3.86. The van der Waals surface area contributed by atoms with Crippen molar-refractivity contribution in [2.24, 2.45) is 0 Å². The zero-order valence-electron chi connectivity index (χ0n) is 13.6. The average molecular weight is 328 g/mol. The SMILES string of the molecule is Cc1cccc(Nc2ccc3ncc(-c4ccc(O)cc4)nc3n2)c1. The third kappa shape index (κ3) is 3.26. The van der Waals surface area contributed by atoms with Gasteiger partial charge in [0.05, 0.1) is 11.9 Å². The summed E-state index contributed by atoms with van der Waals surface area (Å²) in [7, 11) is 0. The smallest absolute Gasteiger partial charge is 0.180 e. The molecule has 0 unspecified atom stereocenters. The monoisotopic (exact) mass is 328 g/mol. The van der Waals surface area contributed by atoms with E-state index in [4.69, 9.17) is 0 Å². The molecule has 5 nitrogen and oxygen atoms in total. The van der Waals surface area contributed by atoms with Crippen molar-refractivity contribution in [3.63, 3.8) is 0 Å². The molecule has 0 aliphatic heterocycles. The topological polar surface area (TPSA) is 70.9 Å². The maximum Gasteiger partial charge on any atom is 0.180 e. The second kappa shape index (κ2) is 6.20. The van der Waals surface area contributed by atoms with Crippen molar-refractivity contribution in [3.05, 3.63) is 72.4 Å². The predicted molar refractivity (Wildman–Crippen MR) is 98.9 cm³/mol. The van der Waals surface area contributed by atoms with Crippen LogP contribution in [-0.4, -0.2) is 20.1 Å². The lowest BCUT2D eigenvalue weighted by Crippen LogP contribution is -1.97. The predicted octanol–water partition coefficient (Wildman–Crippen LogP) is 4.45. The Hall–Kier alpha value is -3.47. The van der Waals surface area contributed by atoms with E-state index in [1.807, 2.05) is 24.3 Å². The Kier molecular flexibility index (Phi) is 3.74. The van der Waals surface area contributed by atoms with E-state index >= 15 is 0 Å². The van der Waals surface area contributed by atoms with Gasteiger partial charge in [0.2, 0.25) is 0 Å². The molecule has 25 heavy (non-hydrogen) atoms. The first-order chi connectivity index (χ1) is 12.2. The van der Waals surface area contributed by atoms with Gasteiger partial charge >= 0.3 is 0 Å². The summed E-state index contributed by atoms with van der Waals surface area (Å²) in [5, 5.41) is 12.7. The number of pyridine rings is 1. The van der Waals surface area contributed by atoms with Crippen molar-refractivity contribution in [1.82, 2.24) is 15.0 Å². The van der Waals surface area contributed by atoms with Crippen LogP contribution in [0, 0.1) is 6.92 Å². The summed E-state index contributed by atoms with van der Waals surface area (Å²) in [6, 6.07) is 18.8. The molecule has 0 fully saturated rings. The lowest BCUT2D eigenvalue weighted by atomic mass is 10.1. The first-order valence-electron chi connectivity index (χ1n) is 7.94. The molecule has 122 valence electrons. The molecule has 0 spiro atoms. The molecular weight excluding hydrogens is 312 g/mol. The maximum atomic E-state index is 9.41. The molecule has 0 aliphatic rings. The minimum absolute atomic E-state index is 0.222. The van der Waals surface area contributed by atoms with Crippen LogP contribution < -0.4 is 5.32 Å². The molecule has 2 aromatic heterocycles. The van der Waals surface area contributed by atoms with Crippen molar-refractivity contribution in [3.8, 4) is 17.0 Å². The number of nitrogens with one attached hydrogen (secondary N) is 1. The zero-order valence-corrected chi connectivity index (χ0v) is 13.6. The first kappa shape index (κ1) is 15.1. The molecule has 2 heterocycles. The van der Waals surface area contributed by atoms with E-state index in [-0.39, 0.29) is 5.75 Å². The third-order valence-corrected chi connectivity index (χ3v) is 3.86. The quantitative estimate of drug-likeness (QED) is 0.581. The van der Waals surface area contributed by atoms with Gasteiger partial charge in [-0.2, -0.15) is 0 Å². The van der Waals surface area contributed by atoms with Crippen LogP contribution in [0.25, 0.3) is 22.4 Å². The lowest BCUT2D eigenvalue weighted by molar-refractivity contribution is 0.475. The molecule has 0 radical (unpaired) electrons. The number of phenols is 1. The second-order valence-electron chi connectivity index (χ2n) is 5.84. The highest BCUT2D eigenvalue weighted by Gasteiger charge is 2.06. The molecule has 0 saturated heterocycles. The Morgan fingerprint density at radius 2 is 1.76 bits per heavy atom. The van der Waals surface area contributed by atoms with Crippen molar-refractivity contribution in [2.45, 2.75) is 6.92 Å². The summed E-state index contributed by atoms with van der Waals surface area (Å²) in [4.78, 5) is 13.6. The summed E-state index contributed by atoms with van der Waals surface area (Å²) in [6.45, 7) is 2.05. The highest BCUT2D eigenvalue weighted by Crippen LogP contribution is 2.22. The average Bonchev–Trinajstić information content (AvgIpc) is 2.62. The fraction of sp³-hybridized carbons (Fsp3) is 0.0500. The number of aromatic nitrogens is 3. The molecule has 4 rings (SSSR count). The van der Waals surface area contributed by atoms with Gasteiger partial charge in [0.1, 0.15) is 17.1 Å². The Morgan fingerprint density at radius 3 is 2.56 bits per heavy atom. The molecule has 2 aromatic carbocycles. The van der Waals surface area contributed by atoms with Crippen molar-refractivity contribution in [1.29, 1.82) is 0 Å². The number of hydrogen-bond donors (Lipinski definition) is 2. The van der Waals surface area contributed by atoms with Crippen LogP contribution in [0.4, 0.5) is 11.5 Å². The molecule has 0 saturated carbocycles. The Balaban J connectivity index is 1.70. The first-order valence-corrected chi connectivity index (χ1v) is 7.94. The van der Waals surface area contributed by atoms with Crippen LogP contribution in [0.2, 0.25) is 0 Å². The number of aromatic hydroxyl groups is 1. The Morgan fingerprint density at radius 1 is 0.920 bits per heavy atom. The molecule has 5 heteroatoms. The van der Waals surface area contributed by atoms with Gasteiger partial charge in [-0.05, 0) is 61.0 Å². The van der Waals surface area contributed by atoms with Gasteiger partial charge in [0.25, 0.3) is 0 Å². The van der Waals surface area contributed by atoms with Gasteiger partial charge in [-0.15, -0.1) is 0 Å². The zero-order chi connectivity index (χ0) is 17.2. The number of rotatable bonds is 3.